The number of pyridine rings is 1. The Morgan fingerprint density at radius 3 is 2.80 bits per heavy atom. The molecule has 0 saturated heterocycles. The van der Waals surface area contributed by atoms with Gasteiger partial charge < -0.3 is 26.4 Å². The molecular formula is C20H19N7O3. The van der Waals surface area contributed by atoms with Crippen LogP contribution < -0.4 is 26.4 Å². The molecule has 5 N–H and O–H groups in total. The summed E-state index contributed by atoms with van der Waals surface area (Å²) in [5, 5.41) is 8.97. The number of anilines is 4. The Kier molecular flexibility index (Phi) is 5.12. The molecule has 0 fully saturated rings. The van der Waals surface area contributed by atoms with Gasteiger partial charge in [0, 0.05) is 30.2 Å². The molecule has 10 heteroatoms. The number of hydrogen-bond acceptors (Lipinski definition) is 8. The molecule has 10 nitrogen and oxygen atoms in total. The van der Waals surface area contributed by atoms with E-state index in [4.69, 9.17) is 10.5 Å². The van der Waals surface area contributed by atoms with Crippen LogP contribution in [0.25, 0.3) is 0 Å². The Bertz CT molecular complexity index is 1130. The van der Waals surface area contributed by atoms with Crippen molar-refractivity contribution in [1.29, 1.82) is 0 Å². The third kappa shape index (κ3) is 3.70. The number of aromatic nitrogens is 3. The predicted octanol–water partition coefficient (Wildman–Crippen LogP) is 1.75. The molecule has 1 aliphatic rings. The van der Waals surface area contributed by atoms with E-state index in [1.165, 1.54) is 13.3 Å². The van der Waals surface area contributed by atoms with Gasteiger partial charge in [-0.25, -0.2) is 9.97 Å². The summed E-state index contributed by atoms with van der Waals surface area (Å²) in [4.78, 5) is 36.7. The van der Waals surface area contributed by atoms with Gasteiger partial charge in [0.05, 0.1) is 7.11 Å². The summed E-state index contributed by atoms with van der Waals surface area (Å²) in [5.74, 6) is 0.00518. The summed E-state index contributed by atoms with van der Waals surface area (Å²) in [6.45, 7) is 0.532. The van der Waals surface area contributed by atoms with Crippen molar-refractivity contribution in [3.63, 3.8) is 0 Å². The molecule has 2 aromatic heterocycles. The minimum Gasteiger partial charge on any atom is -0.480 e. The van der Waals surface area contributed by atoms with Crippen LogP contribution in [0.4, 0.5) is 23.1 Å². The van der Waals surface area contributed by atoms with Crippen LogP contribution in [0, 0.1) is 0 Å². The maximum Gasteiger partial charge on any atom is 0.254 e. The SMILES string of the molecule is COc1ncccc1Nc1ncc(C(N)=O)c(Nc2cccc3c2CCNC3=O)n1. The highest BCUT2D eigenvalue weighted by molar-refractivity contribution is 6.00. The molecule has 0 bridgehead atoms. The smallest absolute Gasteiger partial charge is 0.254 e. The fraction of sp³-hybridized carbons (Fsp3) is 0.150. The van der Waals surface area contributed by atoms with E-state index in [1.54, 1.807) is 30.5 Å². The molecule has 0 spiro atoms. The Morgan fingerprint density at radius 1 is 1.17 bits per heavy atom. The first-order valence-electron chi connectivity index (χ1n) is 9.17. The zero-order valence-electron chi connectivity index (χ0n) is 16.1. The van der Waals surface area contributed by atoms with Gasteiger partial charge in [-0.3, -0.25) is 9.59 Å². The number of fused-ring (bicyclic) bond motifs is 1. The lowest BCUT2D eigenvalue weighted by molar-refractivity contribution is 0.0944. The number of rotatable bonds is 6. The van der Waals surface area contributed by atoms with Gasteiger partial charge in [-0.1, -0.05) is 6.07 Å². The minimum absolute atomic E-state index is 0.122. The van der Waals surface area contributed by atoms with Crippen molar-refractivity contribution in [2.45, 2.75) is 6.42 Å². The van der Waals surface area contributed by atoms with Crippen LogP contribution in [0.5, 0.6) is 5.88 Å². The first kappa shape index (κ1) is 19.1. The molecule has 4 rings (SSSR count). The molecule has 3 aromatic rings. The van der Waals surface area contributed by atoms with E-state index in [9.17, 15) is 9.59 Å². The molecule has 0 aliphatic carbocycles. The van der Waals surface area contributed by atoms with Crippen LogP contribution in [0.15, 0.2) is 42.7 Å². The van der Waals surface area contributed by atoms with Gasteiger partial charge in [0.15, 0.2) is 0 Å². The number of hydrogen-bond donors (Lipinski definition) is 4. The molecule has 1 aromatic carbocycles. The van der Waals surface area contributed by atoms with Gasteiger partial charge in [0.25, 0.3) is 11.8 Å². The van der Waals surface area contributed by atoms with E-state index < -0.39 is 5.91 Å². The topological polar surface area (TPSA) is 144 Å². The third-order valence-corrected chi connectivity index (χ3v) is 4.60. The second-order valence-corrected chi connectivity index (χ2v) is 6.47. The van der Waals surface area contributed by atoms with E-state index in [1.807, 2.05) is 6.07 Å². The Hall–Kier alpha value is -4.21. The highest BCUT2D eigenvalue weighted by Gasteiger charge is 2.21. The number of primary amides is 1. The van der Waals surface area contributed by atoms with Crippen LogP contribution in [-0.4, -0.2) is 40.4 Å². The van der Waals surface area contributed by atoms with E-state index in [0.29, 0.717) is 35.8 Å². The fourth-order valence-corrected chi connectivity index (χ4v) is 3.20. The Balaban J connectivity index is 1.71. The third-order valence-electron chi connectivity index (χ3n) is 4.60. The average molecular weight is 405 g/mol. The van der Waals surface area contributed by atoms with Crippen LogP contribution >= 0.6 is 0 Å². The largest absolute Gasteiger partial charge is 0.480 e. The first-order chi connectivity index (χ1) is 14.6. The number of carbonyl (C=O) groups is 2. The lowest BCUT2D eigenvalue weighted by Crippen LogP contribution is -2.32. The van der Waals surface area contributed by atoms with Crippen molar-refractivity contribution in [1.82, 2.24) is 20.3 Å². The van der Waals surface area contributed by atoms with Crippen molar-refractivity contribution in [2.24, 2.45) is 5.73 Å². The number of nitrogens with one attached hydrogen (secondary N) is 3. The highest BCUT2D eigenvalue weighted by atomic mass is 16.5. The van der Waals surface area contributed by atoms with E-state index >= 15 is 0 Å². The standard InChI is InChI=1S/C20H19N7O3/c1-30-19-15(6-3-8-23-19)26-20-24-10-13(16(21)28)17(27-20)25-14-5-2-4-12-11(14)7-9-22-18(12)29/h2-6,8,10H,7,9H2,1H3,(H2,21,28)(H,22,29)(H2,24,25,26,27). The lowest BCUT2D eigenvalue weighted by atomic mass is 9.98. The summed E-state index contributed by atoms with van der Waals surface area (Å²) in [7, 11) is 1.51. The molecule has 0 radical (unpaired) electrons. The van der Waals surface area contributed by atoms with Crippen LogP contribution in [0.2, 0.25) is 0 Å². The highest BCUT2D eigenvalue weighted by Crippen LogP contribution is 2.28. The first-order valence-corrected chi connectivity index (χ1v) is 9.17. The number of ether oxygens (including phenoxy) is 1. The van der Waals surface area contributed by atoms with Crippen molar-refractivity contribution in [2.75, 3.05) is 24.3 Å². The van der Waals surface area contributed by atoms with Gasteiger partial charge in [-0.05, 0) is 36.2 Å². The monoisotopic (exact) mass is 405 g/mol. The second kappa shape index (κ2) is 8.03. The molecule has 0 unspecified atom stereocenters. The summed E-state index contributed by atoms with van der Waals surface area (Å²) in [6, 6.07) is 8.84. The number of nitrogens with zero attached hydrogens (tertiary/aromatic N) is 3. The second-order valence-electron chi connectivity index (χ2n) is 6.47. The van der Waals surface area contributed by atoms with Gasteiger partial charge in [-0.15, -0.1) is 0 Å². The van der Waals surface area contributed by atoms with E-state index in [0.717, 1.165) is 5.56 Å². The quantitative estimate of drug-likeness (QED) is 0.485. The molecule has 0 atom stereocenters. The van der Waals surface area contributed by atoms with E-state index in [-0.39, 0.29) is 23.2 Å². The van der Waals surface area contributed by atoms with Crippen molar-refractivity contribution in [3.05, 3.63) is 59.4 Å². The zero-order valence-corrected chi connectivity index (χ0v) is 16.1. The van der Waals surface area contributed by atoms with Gasteiger partial charge in [-0.2, -0.15) is 4.98 Å². The lowest BCUT2D eigenvalue weighted by Gasteiger charge is -2.20. The summed E-state index contributed by atoms with van der Waals surface area (Å²) < 4.78 is 5.22. The average Bonchev–Trinajstić information content (AvgIpc) is 2.75. The minimum atomic E-state index is -0.675. The Morgan fingerprint density at radius 2 is 2.00 bits per heavy atom. The summed E-state index contributed by atoms with van der Waals surface area (Å²) >= 11 is 0. The maximum absolute atomic E-state index is 12.1. The molecule has 152 valence electrons. The molecular weight excluding hydrogens is 386 g/mol. The summed E-state index contributed by atoms with van der Waals surface area (Å²) in [6.07, 6.45) is 3.59. The molecule has 3 heterocycles. The van der Waals surface area contributed by atoms with Gasteiger partial charge in [0.1, 0.15) is 17.1 Å². The number of amides is 2. The van der Waals surface area contributed by atoms with Crippen LogP contribution in [0.3, 0.4) is 0 Å². The fourth-order valence-electron chi connectivity index (χ4n) is 3.20. The number of nitrogens with two attached hydrogens (primary N) is 1. The molecule has 30 heavy (non-hydrogen) atoms. The molecule has 1 aliphatic heterocycles. The van der Waals surface area contributed by atoms with E-state index in [2.05, 4.69) is 30.9 Å². The van der Waals surface area contributed by atoms with Crippen LogP contribution in [0.1, 0.15) is 26.3 Å². The zero-order chi connectivity index (χ0) is 21.1. The summed E-state index contributed by atoms with van der Waals surface area (Å²) in [5.41, 5.74) is 8.29. The predicted molar refractivity (Wildman–Crippen MR) is 110 cm³/mol. The number of carbonyl (C=O) groups excluding carboxylic acids is 2. The number of methoxy groups -OCH3 is 1. The van der Waals surface area contributed by atoms with Gasteiger partial charge in [0.2, 0.25) is 11.8 Å². The molecule has 2 amide bonds. The normalized spacial score (nSPS) is 12.5. The Labute approximate surface area is 171 Å². The van der Waals surface area contributed by atoms with Crippen LogP contribution in [-0.2, 0) is 6.42 Å². The van der Waals surface area contributed by atoms with Crippen molar-refractivity contribution in [3.8, 4) is 5.88 Å². The number of benzene rings is 1. The maximum atomic E-state index is 12.1. The van der Waals surface area contributed by atoms with Gasteiger partial charge >= 0.3 is 0 Å². The van der Waals surface area contributed by atoms with Crippen molar-refractivity contribution < 1.29 is 14.3 Å². The van der Waals surface area contributed by atoms with Crippen molar-refractivity contribution >= 4 is 35.0 Å². The molecule has 0 saturated carbocycles.